The molecule has 3 aromatic rings. The molecule has 31 heavy (non-hydrogen) atoms. The van der Waals surface area contributed by atoms with Crippen LogP contribution in [0, 0.1) is 0 Å². The second-order valence-corrected chi connectivity index (χ2v) is 6.64. The van der Waals surface area contributed by atoms with Gasteiger partial charge in [-0.25, -0.2) is 4.68 Å². The van der Waals surface area contributed by atoms with E-state index >= 15 is 0 Å². The molecule has 0 bridgehead atoms. The van der Waals surface area contributed by atoms with Crippen LogP contribution in [0.5, 0.6) is 11.5 Å². The lowest BCUT2D eigenvalue weighted by atomic mass is 10.0. The van der Waals surface area contributed by atoms with E-state index in [4.69, 9.17) is 14.2 Å². The number of ether oxygens (including phenoxy) is 3. The summed E-state index contributed by atoms with van der Waals surface area (Å²) in [5.74, 6) is 0.0504. The maximum absolute atomic E-state index is 13.1. The zero-order valence-corrected chi connectivity index (χ0v) is 17.7. The number of hydrogen-bond donors (Lipinski definition) is 1. The fourth-order valence-electron chi connectivity index (χ4n) is 3.10. The topological polar surface area (TPSA) is 91.7 Å². The first-order valence-corrected chi connectivity index (χ1v) is 9.85. The highest BCUT2D eigenvalue weighted by molar-refractivity contribution is 5.95. The van der Waals surface area contributed by atoms with Gasteiger partial charge < -0.3 is 19.5 Å². The summed E-state index contributed by atoms with van der Waals surface area (Å²) >= 11 is 0. The van der Waals surface area contributed by atoms with E-state index in [1.54, 1.807) is 43.1 Å². The summed E-state index contributed by atoms with van der Waals surface area (Å²) in [6.07, 6.45) is 1.60. The number of carbonyl (C=O) groups is 2. The molecular formula is C23H25N3O5. The van der Waals surface area contributed by atoms with Crippen LogP contribution >= 0.6 is 0 Å². The average molecular weight is 423 g/mol. The van der Waals surface area contributed by atoms with Crippen molar-refractivity contribution in [2.75, 3.05) is 20.8 Å². The maximum atomic E-state index is 13.1. The minimum Gasteiger partial charge on any atom is -0.497 e. The molecule has 8 nitrogen and oxygen atoms in total. The molecule has 2 aromatic carbocycles. The van der Waals surface area contributed by atoms with Crippen LogP contribution in [0.3, 0.4) is 0 Å². The summed E-state index contributed by atoms with van der Waals surface area (Å²) in [6.45, 7) is 1.99. The van der Waals surface area contributed by atoms with Crippen molar-refractivity contribution < 1.29 is 23.8 Å². The molecule has 162 valence electrons. The Labute approximate surface area is 180 Å². The number of para-hydroxylation sites is 1. The van der Waals surface area contributed by atoms with Crippen LogP contribution in [-0.4, -0.2) is 42.5 Å². The van der Waals surface area contributed by atoms with Gasteiger partial charge in [-0.1, -0.05) is 30.3 Å². The third-order valence-corrected chi connectivity index (χ3v) is 4.61. The molecule has 0 aliphatic carbocycles. The van der Waals surface area contributed by atoms with Crippen LogP contribution in [-0.2, 0) is 9.53 Å². The summed E-state index contributed by atoms with van der Waals surface area (Å²) in [5.41, 5.74) is 1.61. The predicted octanol–water partition coefficient (Wildman–Crippen LogP) is 3.31. The fraction of sp³-hybridized carbons (Fsp3) is 0.261. The Hall–Kier alpha value is -3.81. The molecule has 0 saturated heterocycles. The maximum Gasteiger partial charge on any atom is 0.308 e. The van der Waals surface area contributed by atoms with Crippen molar-refractivity contribution in [2.45, 2.75) is 19.4 Å². The van der Waals surface area contributed by atoms with Gasteiger partial charge in [-0.2, -0.15) is 5.10 Å². The zero-order valence-electron chi connectivity index (χ0n) is 17.7. The van der Waals surface area contributed by atoms with Crippen LogP contribution < -0.4 is 14.8 Å². The molecule has 1 amide bonds. The molecule has 1 N–H and O–H groups in total. The number of benzene rings is 2. The molecule has 0 aliphatic rings. The average Bonchev–Trinajstić information content (AvgIpc) is 3.24. The van der Waals surface area contributed by atoms with E-state index in [0.717, 1.165) is 5.69 Å². The van der Waals surface area contributed by atoms with Crippen LogP contribution in [0.25, 0.3) is 5.69 Å². The standard InChI is InChI=1S/C23H25N3O5/c1-4-31-21(27)14-19(16-9-8-12-18(13-16)29-2)24-23(28)22-20(30-3)15-26(25-22)17-10-6-5-7-11-17/h5-13,15,19H,4,14H2,1-3H3,(H,24,28). The number of hydrogen-bond acceptors (Lipinski definition) is 6. The van der Waals surface area contributed by atoms with Crippen LogP contribution in [0.2, 0.25) is 0 Å². The van der Waals surface area contributed by atoms with E-state index in [2.05, 4.69) is 10.4 Å². The quantitative estimate of drug-likeness (QED) is 0.531. The lowest BCUT2D eigenvalue weighted by Crippen LogP contribution is -2.31. The van der Waals surface area contributed by atoms with Gasteiger partial charge in [0.25, 0.3) is 5.91 Å². The molecule has 0 radical (unpaired) electrons. The molecule has 0 aliphatic heterocycles. The van der Waals surface area contributed by atoms with Crippen molar-refractivity contribution in [3.63, 3.8) is 0 Å². The van der Waals surface area contributed by atoms with Gasteiger partial charge in [-0.15, -0.1) is 0 Å². The van der Waals surface area contributed by atoms with Crippen molar-refractivity contribution in [2.24, 2.45) is 0 Å². The molecular weight excluding hydrogens is 398 g/mol. The highest BCUT2D eigenvalue weighted by Gasteiger charge is 2.24. The minimum absolute atomic E-state index is 0.0333. The first-order valence-electron chi connectivity index (χ1n) is 9.85. The number of carbonyl (C=O) groups excluding carboxylic acids is 2. The highest BCUT2D eigenvalue weighted by Crippen LogP contribution is 2.25. The molecule has 1 unspecified atom stereocenters. The molecule has 0 fully saturated rings. The number of nitrogens with zero attached hydrogens (tertiary/aromatic N) is 2. The molecule has 1 heterocycles. The van der Waals surface area contributed by atoms with Crippen molar-refractivity contribution in [1.29, 1.82) is 0 Å². The van der Waals surface area contributed by atoms with E-state index in [1.165, 1.54) is 7.11 Å². The van der Waals surface area contributed by atoms with E-state index < -0.39 is 17.9 Å². The number of esters is 1. The third kappa shape index (κ3) is 5.42. The smallest absolute Gasteiger partial charge is 0.308 e. The highest BCUT2D eigenvalue weighted by atomic mass is 16.5. The monoisotopic (exact) mass is 423 g/mol. The van der Waals surface area contributed by atoms with E-state index in [0.29, 0.717) is 17.1 Å². The molecule has 8 heteroatoms. The first kappa shape index (κ1) is 21.9. The minimum atomic E-state index is -0.631. The summed E-state index contributed by atoms with van der Waals surface area (Å²) in [6, 6.07) is 15.9. The number of aromatic nitrogens is 2. The van der Waals surface area contributed by atoms with E-state index in [-0.39, 0.29) is 18.7 Å². The molecule has 0 saturated carbocycles. The Morgan fingerprint density at radius 3 is 2.52 bits per heavy atom. The SMILES string of the molecule is CCOC(=O)CC(NC(=O)c1nn(-c2ccccc2)cc1OC)c1cccc(OC)c1. The number of amides is 1. The van der Waals surface area contributed by atoms with E-state index in [9.17, 15) is 9.59 Å². The van der Waals surface area contributed by atoms with Gasteiger partial charge in [0.15, 0.2) is 11.4 Å². The Bertz CT molecular complexity index is 1030. The number of methoxy groups -OCH3 is 2. The summed E-state index contributed by atoms with van der Waals surface area (Å²) in [7, 11) is 3.03. The number of nitrogens with one attached hydrogen (secondary N) is 1. The van der Waals surface area contributed by atoms with Crippen LogP contribution in [0.1, 0.15) is 35.4 Å². The molecule has 1 atom stereocenters. The van der Waals surface area contributed by atoms with Gasteiger partial charge in [0.05, 0.1) is 45.2 Å². The Kier molecular flexibility index (Phi) is 7.26. The Balaban J connectivity index is 1.89. The van der Waals surface area contributed by atoms with Gasteiger partial charge in [0.1, 0.15) is 5.75 Å². The van der Waals surface area contributed by atoms with Gasteiger partial charge in [0, 0.05) is 0 Å². The van der Waals surface area contributed by atoms with Crippen molar-refractivity contribution in [3.8, 4) is 17.2 Å². The van der Waals surface area contributed by atoms with Crippen LogP contribution in [0.15, 0.2) is 60.8 Å². The summed E-state index contributed by atoms with van der Waals surface area (Å²) < 4.78 is 17.3. The second kappa shape index (κ2) is 10.3. The molecule has 1 aromatic heterocycles. The van der Waals surface area contributed by atoms with Crippen molar-refractivity contribution >= 4 is 11.9 Å². The van der Waals surface area contributed by atoms with Crippen molar-refractivity contribution in [1.82, 2.24) is 15.1 Å². The van der Waals surface area contributed by atoms with Gasteiger partial charge in [-0.3, -0.25) is 9.59 Å². The lowest BCUT2D eigenvalue weighted by Gasteiger charge is -2.19. The number of rotatable bonds is 9. The van der Waals surface area contributed by atoms with Gasteiger partial charge >= 0.3 is 5.97 Å². The van der Waals surface area contributed by atoms with Crippen LogP contribution in [0.4, 0.5) is 0 Å². The zero-order chi connectivity index (χ0) is 22.2. The van der Waals surface area contributed by atoms with E-state index in [1.807, 2.05) is 36.4 Å². The first-order chi connectivity index (χ1) is 15.0. The molecule has 0 spiro atoms. The summed E-state index contributed by atoms with van der Waals surface area (Å²) in [4.78, 5) is 25.3. The normalized spacial score (nSPS) is 11.5. The predicted molar refractivity (Wildman–Crippen MR) is 115 cm³/mol. The third-order valence-electron chi connectivity index (χ3n) is 4.61. The molecule has 3 rings (SSSR count). The van der Waals surface area contributed by atoms with Gasteiger partial charge in [0.2, 0.25) is 0 Å². The lowest BCUT2D eigenvalue weighted by molar-refractivity contribution is -0.143. The van der Waals surface area contributed by atoms with Gasteiger partial charge in [-0.05, 0) is 36.8 Å². The second-order valence-electron chi connectivity index (χ2n) is 6.64. The largest absolute Gasteiger partial charge is 0.497 e. The van der Waals surface area contributed by atoms with Crippen molar-refractivity contribution in [3.05, 3.63) is 72.1 Å². The summed E-state index contributed by atoms with van der Waals surface area (Å²) in [5, 5.41) is 7.26. The Morgan fingerprint density at radius 1 is 1.06 bits per heavy atom. The Morgan fingerprint density at radius 2 is 1.84 bits per heavy atom. The fourth-order valence-corrected chi connectivity index (χ4v) is 3.10.